The van der Waals surface area contributed by atoms with Crippen LogP contribution in [-0.4, -0.2) is 48.1 Å². The molecule has 0 aromatic heterocycles. The molecule has 1 heterocycles. The summed E-state index contributed by atoms with van der Waals surface area (Å²) in [5.74, 6) is -2.47. The third-order valence-electron chi connectivity index (χ3n) is 5.21. The maximum absolute atomic E-state index is 13.0. The van der Waals surface area contributed by atoms with E-state index in [9.17, 15) is 19.5 Å². The lowest BCUT2D eigenvalue weighted by molar-refractivity contribution is -0.548. The van der Waals surface area contributed by atoms with Gasteiger partial charge in [0.15, 0.2) is 18.3 Å². The lowest BCUT2D eigenvalue weighted by Crippen LogP contribution is -2.67. The van der Waals surface area contributed by atoms with E-state index in [1.54, 1.807) is 54.6 Å². The fourth-order valence-corrected chi connectivity index (χ4v) is 3.68. The van der Waals surface area contributed by atoms with Crippen molar-refractivity contribution in [1.29, 1.82) is 0 Å². The number of carbonyl (C=O) groups is 3. The molecule has 0 radical (unpaired) electrons. The van der Waals surface area contributed by atoms with Crippen molar-refractivity contribution in [2.75, 3.05) is 6.61 Å². The summed E-state index contributed by atoms with van der Waals surface area (Å²) >= 11 is 6.03. The second-order valence-electron chi connectivity index (χ2n) is 7.63. The minimum absolute atomic E-state index is 0.136. The van der Waals surface area contributed by atoms with Crippen molar-refractivity contribution >= 4 is 29.5 Å². The summed E-state index contributed by atoms with van der Waals surface area (Å²) in [6.45, 7) is -0.488. The average Bonchev–Trinajstić information content (AvgIpc) is 2.89. The first-order valence-corrected chi connectivity index (χ1v) is 11.0. The molecular weight excluding hydrogens is 476 g/mol. The minimum Gasteiger partial charge on any atom is -0.813 e. The predicted octanol–water partition coefficient (Wildman–Crippen LogP) is 2.95. The normalized spacial score (nSPS) is 23.7. The van der Waals surface area contributed by atoms with Gasteiger partial charge < -0.3 is 24.1 Å². The number of hydrogen-bond acceptors (Lipinski definition) is 8. The molecule has 0 amide bonds. The monoisotopic (exact) mass is 495 g/mol. The molecular formula is C26H20ClO8-. The number of hydrogen-bond donors (Lipinski definition) is 0. The molecule has 1 aliphatic heterocycles. The van der Waals surface area contributed by atoms with Gasteiger partial charge in [0.1, 0.15) is 5.25 Å². The zero-order chi connectivity index (χ0) is 24.8. The highest BCUT2D eigenvalue weighted by Gasteiger charge is 2.50. The molecule has 3 aromatic rings. The third-order valence-corrected chi connectivity index (χ3v) is 5.54. The van der Waals surface area contributed by atoms with Crippen LogP contribution in [0.1, 0.15) is 31.1 Å². The molecule has 4 rings (SSSR count). The van der Waals surface area contributed by atoms with Crippen molar-refractivity contribution in [3.05, 3.63) is 108 Å². The largest absolute Gasteiger partial charge is 0.813 e. The molecule has 0 aliphatic carbocycles. The molecule has 0 spiro atoms. The second-order valence-corrected chi connectivity index (χ2v) is 8.16. The Bertz CT molecular complexity index is 1170. The van der Waals surface area contributed by atoms with Gasteiger partial charge in [0.25, 0.3) is 0 Å². The second kappa shape index (κ2) is 10.7. The zero-order valence-corrected chi connectivity index (χ0v) is 19.0. The molecule has 1 fully saturated rings. The number of benzene rings is 3. The Balaban J connectivity index is 1.63. The van der Waals surface area contributed by atoms with Gasteiger partial charge in [0.2, 0.25) is 0 Å². The smallest absolute Gasteiger partial charge is 0.338 e. The molecule has 8 nitrogen and oxygen atoms in total. The summed E-state index contributed by atoms with van der Waals surface area (Å²) in [6.07, 6.45) is -4.68. The number of halogens is 1. The van der Waals surface area contributed by atoms with Crippen molar-refractivity contribution in [2.45, 2.75) is 23.6 Å². The van der Waals surface area contributed by atoms with Crippen molar-refractivity contribution in [1.82, 2.24) is 0 Å². The molecule has 0 N–H and O–H groups in total. The zero-order valence-electron chi connectivity index (χ0n) is 18.2. The van der Waals surface area contributed by atoms with E-state index in [1.165, 1.54) is 36.4 Å². The van der Waals surface area contributed by atoms with Crippen LogP contribution in [0.15, 0.2) is 91.0 Å². The lowest BCUT2D eigenvalue weighted by atomic mass is 10.0. The quantitative estimate of drug-likeness (QED) is 0.291. The molecule has 180 valence electrons. The summed E-state index contributed by atoms with van der Waals surface area (Å²) in [5.41, 5.74) is 0.533. The molecule has 0 unspecified atom stereocenters. The maximum Gasteiger partial charge on any atom is 0.338 e. The Labute approximate surface area is 205 Å². The number of ether oxygens (including phenoxy) is 4. The molecule has 35 heavy (non-hydrogen) atoms. The van der Waals surface area contributed by atoms with Crippen molar-refractivity contribution < 1.29 is 38.4 Å². The Morgan fingerprint density at radius 3 is 1.57 bits per heavy atom. The number of esters is 3. The summed E-state index contributed by atoms with van der Waals surface area (Å²) in [4.78, 5) is 38.3. The highest BCUT2D eigenvalue weighted by atomic mass is 35.5. The van der Waals surface area contributed by atoms with Crippen LogP contribution < -0.4 is 5.11 Å². The van der Waals surface area contributed by atoms with Crippen LogP contribution in [-0.2, 0) is 18.9 Å². The summed E-state index contributed by atoms with van der Waals surface area (Å²) in [6, 6.07) is 23.9. The predicted molar refractivity (Wildman–Crippen MR) is 121 cm³/mol. The molecule has 9 heteroatoms. The average molecular weight is 496 g/mol. The number of alkyl halides is 1. The highest BCUT2D eigenvalue weighted by molar-refractivity contribution is 6.22. The van der Waals surface area contributed by atoms with Gasteiger partial charge in [-0.3, -0.25) is 0 Å². The van der Waals surface area contributed by atoms with E-state index in [-0.39, 0.29) is 16.7 Å². The Kier molecular flexibility index (Phi) is 7.45. The number of carbonyl (C=O) groups excluding carboxylic acids is 3. The van der Waals surface area contributed by atoms with E-state index < -0.39 is 48.1 Å². The third kappa shape index (κ3) is 5.86. The lowest BCUT2D eigenvalue weighted by Gasteiger charge is -2.48. The van der Waals surface area contributed by atoms with Crippen LogP contribution >= 0.6 is 11.6 Å². The van der Waals surface area contributed by atoms with Gasteiger partial charge in [-0.25, -0.2) is 14.4 Å². The van der Waals surface area contributed by atoms with E-state index in [4.69, 9.17) is 30.5 Å². The van der Waals surface area contributed by atoms with Crippen molar-refractivity contribution in [3.8, 4) is 0 Å². The SMILES string of the molecule is O=C(O[C@H]1[C@@H](OC(=O)c2ccccc2)[C@]([O-])(Cl)OC[C@H]1OC(=O)c1ccccc1)c1ccccc1. The van der Waals surface area contributed by atoms with E-state index >= 15 is 0 Å². The van der Waals surface area contributed by atoms with Gasteiger partial charge in [-0.15, -0.1) is 11.6 Å². The fraction of sp³-hybridized carbons (Fsp3) is 0.192. The van der Waals surface area contributed by atoms with Crippen LogP contribution in [0.5, 0.6) is 0 Å². The first-order valence-electron chi connectivity index (χ1n) is 10.7. The molecule has 0 saturated carbocycles. The molecule has 1 aliphatic rings. The van der Waals surface area contributed by atoms with Crippen LogP contribution in [0.25, 0.3) is 0 Å². The van der Waals surface area contributed by atoms with Crippen molar-refractivity contribution in [2.24, 2.45) is 0 Å². The minimum atomic E-state index is -2.80. The fourth-order valence-electron chi connectivity index (χ4n) is 3.44. The highest BCUT2D eigenvalue weighted by Crippen LogP contribution is 2.32. The summed E-state index contributed by atoms with van der Waals surface area (Å²) in [7, 11) is 0. The van der Waals surface area contributed by atoms with E-state index in [0.29, 0.717) is 0 Å². The summed E-state index contributed by atoms with van der Waals surface area (Å²) in [5, 5.41) is 10.2. The van der Waals surface area contributed by atoms with E-state index in [1.807, 2.05) is 0 Å². The first-order chi connectivity index (χ1) is 16.8. The first kappa shape index (κ1) is 24.4. The Morgan fingerprint density at radius 1 is 0.714 bits per heavy atom. The van der Waals surface area contributed by atoms with Gasteiger partial charge in [-0.2, -0.15) is 0 Å². The van der Waals surface area contributed by atoms with Gasteiger partial charge in [-0.05, 0) is 36.4 Å². The molecule has 1 saturated heterocycles. The Hall–Kier alpha value is -3.72. The van der Waals surface area contributed by atoms with Gasteiger partial charge >= 0.3 is 17.9 Å². The topological polar surface area (TPSA) is 111 Å². The van der Waals surface area contributed by atoms with Gasteiger partial charge in [-0.1, -0.05) is 54.6 Å². The van der Waals surface area contributed by atoms with Gasteiger partial charge in [0.05, 0.1) is 23.3 Å². The van der Waals surface area contributed by atoms with Gasteiger partial charge in [0, 0.05) is 0 Å². The van der Waals surface area contributed by atoms with Crippen LogP contribution in [0.4, 0.5) is 0 Å². The van der Waals surface area contributed by atoms with Crippen LogP contribution in [0, 0.1) is 0 Å². The summed E-state index contributed by atoms with van der Waals surface area (Å²) < 4.78 is 21.6. The number of rotatable bonds is 6. The van der Waals surface area contributed by atoms with Crippen molar-refractivity contribution in [3.63, 3.8) is 0 Å². The maximum atomic E-state index is 13.0. The standard InChI is InChI=1S/C26H20ClO8/c27-26(31)22(35-25(30)19-14-8-3-9-15-19)21(34-24(29)18-12-6-2-7-13-18)20(16-32-26)33-23(28)17-10-4-1-5-11-17/h1-15,20-22H,16H2/q-1/t20-,21-,22-,26-/m1/s1. The Morgan fingerprint density at radius 2 is 1.11 bits per heavy atom. The molecule has 3 aromatic carbocycles. The molecule has 4 atom stereocenters. The molecule has 0 bridgehead atoms. The van der Waals surface area contributed by atoms with E-state index in [0.717, 1.165) is 0 Å². The van der Waals surface area contributed by atoms with E-state index in [2.05, 4.69) is 0 Å². The van der Waals surface area contributed by atoms with Crippen LogP contribution in [0.2, 0.25) is 0 Å². The van der Waals surface area contributed by atoms with Crippen LogP contribution in [0.3, 0.4) is 0 Å².